The number of H-pyrrole nitrogens is 1. The maximum atomic E-state index is 11.5. The number of hydrogen-bond acceptors (Lipinski definition) is 5. The van der Waals surface area contributed by atoms with Crippen LogP contribution in [0.15, 0.2) is 79.0 Å². The third-order valence-electron chi connectivity index (χ3n) is 9.84. The summed E-state index contributed by atoms with van der Waals surface area (Å²) in [6.45, 7) is 9.05. The molecule has 5 heterocycles. The number of likely N-dealkylation sites (tertiary alicyclic amines) is 1. The molecule has 0 aliphatic carbocycles. The summed E-state index contributed by atoms with van der Waals surface area (Å²) in [7, 11) is -0.471. The highest BCUT2D eigenvalue weighted by Gasteiger charge is 2.52. The van der Waals surface area contributed by atoms with E-state index in [-0.39, 0.29) is 12.3 Å². The van der Waals surface area contributed by atoms with Gasteiger partial charge in [0.2, 0.25) is 12.6 Å². The number of benzene rings is 3. The van der Waals surface area contributed by atoms with Crippen molar-refractivity contribution < 1.29 is 18.8 Å². The minimum atomic E-state index is -0.471. The van der Waals surface area contributed by atoms with Gasteiger partial charge in [0.15, 0.2) is 0 Å². The van der Waals surface area contributed by atoms with Gasteiger partial charge in [0, 0.05) is 34.8 Å². The average Bonchev–Trinajstić information content (AvgIpc) is 3.81. The number of fused-ring (bicyclic) bond motifs is 5. The summed E-state index contributed by atoms with van der Waals surface area (Å²) in [6.07, 6.45) is 4.44. The first kappa shape index (κ1) is 27.2. The second-order valence-electron chi connectivity index (χ2n) is 13.1. The molecule has 0 spiro atoms. The highest BCUT2D eigenvalue weighted by molar-refractivity contribution is 6.62. The van der Waals surface area contributed by atoms with E-state index in [1.165, 1.54) is 0 Å². The predicted molar refractivity (Wildman–Crippen MR) is 171 cm³/mol. The lowest BCUT2D eigenvalue weighted by atomic mass is 9.78. The first-order chi connectivity index (χ1) is 21.2. The van der Waals surface area contributed by atoms with Crippen LogP contribution in [0.2, 0.25) is 0 Å². The average molecular weight is 587 g/mol. The standard InChI is InChI=1S/C35H35BN4O4/c1-34(2)35(3,4)44-36(43-34)25-13-14-26-30-18-24-17-23(27-20-37-32(38-27)29-11-8-16-39(29)21-41)12-15-28(24)40(30)33(42-31(26)19-25)22-9-6-5-7-10-22/h5-7,9-10,12-15,17-21,29,33H,8,11,16H2,1-4H3,(H,37,38). The molecule has 8 nitrogen and oxygen atoms in total. The number of nitrogens with one attached hydrogen (secondary N) is 1. The van der Waals surface area contributed by atoms with Gasteiger partial charge < -0.3 is 28.5 Å². The van der Waals surface area contributed by atoms with E-state index in [1.54, 1.807) is 0 Å². The Hall–Kier alpha value is -4.34. The third kappa shape index (κ3) is 4.21. The summed E-state index contributed by atoms with van der Waals surface area (Å²) < 4.78 is 21.8. The fourth-order valence-electron chi connectivity index (χ4n) is 6.70. The predicted octanol–water partition coefficient (Wildman–Crippen LogP) is 6.23. The number of amides is 1. The van der Waals surface area contributed by atoms with Crippen molar-refractivity contribution in [3.8, 4) is 28.3 Å². The lowest BCUT2D eigenvalue weighted by Gasteiger charge is -2.32. The van der Waals surface area contributed by atoms with E-state index in [0.717, 1.165) is 81.8 Å². The van der Waals surface area contributed by atoms with Gasteiger partial charge in [0.25, 0.3) is 0 Å². The van der Waals surface area contributed by atoms with Crippen molar-refractivity contribution in [2.45, 2.75) is 64.0 Å². The molecule has 8 rings (SSSR count). The van der Waals surface area contributed by atoms with Gasteiger partial charge in [-0.05, 0) is 76.3 Å². The van der Waals surface area contributed by atoms with Crippen LogP contribution in [0.5, 0.6) is 5.75 Å². The van der Waals surface area contributed by atoms with Crippen LogP contribution in [0.25, 0.3) is 33.4 Å². The Bertz CT molecular complexity index is 1880. The zero-order valence-corrected chi connectivity index (χ0v) is 25.4. The number of rotatable bonds is 5. The van der Waals surface area contributed by atoms with Gasteiger partial charge in [0.05, 0.1) is 34.1 Å². The zero-order valence-electron chi connectivity index (χ0n) is 25.4. The first-order valence-electron chi connectivity index (χ1n) is 15.4. The Morgan fingerprint density at radius 2 is 1.77 bits per heavy atom. The fourth-order valence-corrected chi connectivity index (χ4v) is 6.70. The minimum absolute atomic E-state index is 0.00845. The molecule has 1 N–H and O–H groups in total. The van der Waals surface area contributed by atoms with E-state index in [0.29, 0.717) is 0 Å². The number of carbonyl (C=O) groups is 1. The summed E-state index contributed by atoms with van der Waals surface area (Å²) in [5, 5.41) is 1.10. The van der Waals surface area contributed by atoms with Gasteiger partial charge in [-0.2, -0.15) is 0 Å². The molecule has 1 amide bonds. The number of nitrogens with zero attached hydrogens (tertiary/aromatic N) is 3. The molecule has 44 heavy (non-hydrogen) atoms. The molecule has 2 saturated heterocycles. The van der Waals surface area contributed by atoms with Crippen LogP contribution in [0.4, 0.5) is 0 Å². The van der Waals surface area contributed by atoms with Crippen LogP contribution >= 0.6 is 0 Å². The largest absolute Gasteiger partial charge is 0.494 e. The van der Waals surface area contributed by atoms with Gasteiger partial charge in [-0.3, -0.25) is 4.79 Å². The molecule has 3 aromatic carbocycles. The summed E-state index contributed by atoms with van der Waals surface area (Å²) in [5.41, 5.74) is 6.23. The molecular formula is C35H35BN4O4. The molecule has 222 valence electrons. The molecule has 2 aromatic heterocycles. The van der Waals surface area contributed by atoms with Crippen LogP contribution in [0.3, 0.4) is 0 Å². The summed E-state index contributed by atoms with van der Waals surface area (Å²) in [5.74, 6) is 1.64. The molecule has 2 unspecified atom stereocenters. The normalized spacial score (nSPS) is 21.7. The van der Waals surface area contributed by atoms with Crippen LogP contribution in [0, 0.1) is 0 Å². The highest BCUT2D eigenvalue weighted by Crippen LogP contribution is 2.45. The minimum Gasteiger partial charge on any atom is -0.465 e. The Kier molecular flexibility index (Phi) is 6.09. The zero-order chi connectivity index (χ0) is 30.2. The van der Waals surface area contributed by atoms with Crippen LogP contribution < -0.4 is 10.2 Å². The van der Waals surface area contributed by atoms with Gasteiger partial charge in [0.1, 0.15) is 11.6 Å². The van der Waals surface area contributed by atoms with E-state index < -0.39 is 18.3 Å². The molecule has 9 heteroatoms. The molecule has 0 saturated carbocycles. The first-order valence-corrected chi connectivity index (χ1v) is 15.4. The summed E-state index contributed by atoms with van der Waals surface area (Å²) in [4.78, 5) is 21.6. The van der Waals surface area contributed by atoms with E-state index in [1.807, 2.05) is 29.3 Å². The molecule has 0 radical (unpaired) electrons. The van der Waals surface area contributed by atoms with Gasteiger partial charge in [-0.15, -0.1) is 0 Å². The Labute approximate surface area is 257 Å². The number of ether oxygens (including phenoxy) is 1. The smallest absolute Gasteiger partial charge is 0.465 e. The van der Waals surface area contributed by atoms with Crippen molar-refractivity contribution in [3.63, 3.8) is 0 Å². The van der Waals surface area contributed by atoms with Crippen LogP contribution in [-0.4, -0.2) is 50.7 Å². The molecule has 5 aromatic rings. The van der Waals surface area contributed by atoms with Gasteiger partial charge in [-0.1, -0.05) is 42.5 Å². The molecule has 2 fully saturated rings. The number of aromatic nitrogens is 3. The van der Waals surface area contributed by atoms with E-state index in [9.17, 15) is 4.79 Å². The van der Waals surface area contributed by atoms with Crippen molar-refractivity contribution in [1.82, 2.24) is 19.4 Å². The number of aromatic amines is 1. The third-order valence-corrected chi connectivity index (χ3v) is 9.84. The fraction of sp³-hybridized carbons (Fsp3) is 0.314. The summed E-state index contributed by atoms with van der Waals surface area (Å²) in [6, 6.07) is 25.3. The second kappa shape index (κ2) is 9.84. The van der Waals surface area contributed by atoms with Crippen molar-refractivity contribution in [2.24, 2.45) is 0 Å². The lowest BCUT2D eigenvalue weighted by molar-refractivity contribution is -0.119. The Morgan fingerprint density at radius 3 is 2.55 bits per heavy atom. The number of carbonyl (C=O) groups excluding carboxylic acids is 1. The Balaban J connectivity index is 1.20. The SMILES string of the molecule is CC1(C)OB(c2ccc3c(c2)OC(c2ccccc2)n2c-3cc3cc(-c4c[nH]c(C5CCCN5C=O)n4)ccc32)OC1(C)C. The summed E-state index contributed by atoms with van der Waals surface area (Å²) >= 11 is 0. The van der Waals surface area contributed by atoms with E-state index in [4.69, 9.17) is 19.0 Å². The molecule has 2 atom stereocenters. The number of imidazole rings is 1. The molecule has 0 bridgehead atoms. The monoisotopic (exact) mass is 586 g/mol. The lowest BCUT2D eigenvalue weighted by Crippen LogP contribution is -2.41. The number of hydrogen-bond donors (Lipinski definition) is 1. The van der Waals surface area contributed by atoms with Gasteiger partial charge >= 0.3 is 7.12 Å². The topological polar surface area (TPSA) is 81.6 Å². The van der Waals surface area contributed by atoms with E-state index in [2.05, 4.69) is 91.8 Å². The van der Waals surface area contributed by atoms with Crippen molar-refractivity contribution in [1.29, 1.82) is 0 Å². The second-order valence-corrected chi connectivity index (χ2v) is 13.1. The molecule has 3 aliphatic heterocycles. The quantitative estimate of drug-likeness (QED) is 0.195. The van der Waals surface area contributed by atoms with Crippen molar-refractivity contribution in [3.05, 3.63) is 90.4 Å². The van der Waals surface area contributed by atoms with Crippen LogP contribution in [0.1, 0.15) is 64.2 Å². The Morgan fingerprint density at radius 1 is 0.977 bits per heavy atom. The maximum Gasteiger partial charge on any atom is 0.494 e. The molecule has 3 aliphatic rings. The van der Waals surface area contributed by atoms with Crippen molar-refractivity contribution >= 4 is 29.9 Å². The van der Waals surface area contributed by atoms with Crippen LogP contribution in [-0.2, 0) is 14.1 Å². The van der Waals surface area contributed by atoms with Crippen molar-refractivity contribution in [2.75, 3.05) is 6.54 Å². The maximum absolute atomic E-state index is 11.5. The van der Waals surface area contributed by atoms with E-state index >= 15 is 0 Å². The van der Waals surface area contributed by atoms with Gasteiger partial charge in [-0.25, -0.2) is 4.98 Å². The molecular weight excluding hydrogens is 551 g/mol. The highest BCUT2D eigenvalue weighted by atomic mass is 16.7.